The lowest BCUT2D eigenvalue weighted by molar-refractivity contribution is -0.117. The highest BCUT2D eigenvalue weighted by Gasteiger charge is 2.14. The van der Waals surface area contributed by atoms with E-state index in [2.05, 4.69) is 27.5 Å². The molecule has 0 fully saturated rings. The summed E-state index contributed by atoms with van der Waals surface area (Å²) in [6.07, 6.45) is 4.66. The zero-order chi connectivity index (χ0) is 23.5. The summed E-state index contributed by atoms with van der Waals surface area (Å²) in [5.74, 6) is 0.785. The van der Waals surface area contributed by atoms with Crippen molar-refractivity contribution in [1.82, 2.24) is 14.8 Å². The van der Waals surface area contributed by atoms with Gasteiger partial charge in [0.25, 0.3) is 10.7 Å². The van der Waals surface area contributed by atoms with Gasteiger partial charge in [-0.3, -0.25) is 4.79 Å². The van der Waals surface area contributed by atoms with Gasteiger partial charge in [-0.05, 0) is 73.3 Å². The first kappa shape index (κ1) is 22.8. The molecule has 0 unspecified atom stereocenters. The van der Waals surface area contributed by atoms with E-state index in [1.54, 1.807) is 12.1 Å². The monoisotopic (exact) mass is 512 g/mol. The molecule has 34 heavy (non-hydrogen) atoms. The molecule has 1 N–H and O–H groups in total. The van der Waals surface area contributed by atoms with E-state index in [1.807, 2.05) is 23.6 Å². The van der Waals surface area contributed by atoms with Crippen LogP contribution in [0.15, 0.2) is 52.3 Å². The molecular formula is C24H21ClN4O3S2. The van der Waals surface area contributed by atoms with E-state index in [9.17, 15) is 4.79 Å². The van der Waals surface area contributed by atoms with E-state index in [4.69, 9.17) is 33.0 Å². The summed E-state index contributed by atoms with van der Waals surface area (Å²) in [5.41, 5.74) is 4.42. The molecule has 1 amide bonds. The number of hydrogen-bond donors (Lipinski definition) is 1. The lowest BCUT2D eigenvalue weighted by Crippen LogP contribution is -2.19. The average Bonchev–Trinajstić information content (AvgIpc) is 3.44. The number of hydrogen-bond acceptors (Lipinski definition) is 7. The standard InChI is InChI=1S/C24H21ClN4O3S2/c25-18-8-5-16(6-9-18)20-14-34-23(26-20)27-21(30)12-29-24(33)32-22(28-29)13-31-19-10-7-15-3-1-2-4-17(15)11-19/h5-11,14H,1-4,12-13H2,(H,26,27,30). The second-order valence-corrected chi connectivity index (χ2v) is 9.58. The van der Waals surface area contributed by atoms with Crippen LogP contribution in [0, 0.1) is 4.84 Å². The van der Waals surface area contributed by atoms with E-state index in [1.165, 1.54) is 40.0 Å². The Balaban J connectivity index is 1.18. The topological polar surface area (TPSA) is 82.2 Å². The Bertz CT molecular complexity index is 1380. The van der Waals surface area contributed by atoms with Crippen LogP contribution in [0.1, 0.15) is 29.9 Å². The van der Waals surface area contributed by atoms with Crippen LogP contribution in [-0.2, 0) is 30.8 Å². The molecule has 0 radical (unpaired) electrons. The van der Waals surface area contributed by atoms with Crippen molar-refractivity contribution in [1.29, 1.82) is 0 Å². The molecule has 0 atom stereocenters. The highest BCUT2D eigenvalue weighted by Crippen LogP contribution is 2.27. The number of aryl methyl sites for hydroxylation is 2. The maximum absolute atomic E-state index is 12.5. The number of anilines is 1. The Morgan fingerprint density at radius 1 is 1.18 bits per heavy atom. The molecular weight excluding hydrogens is 492 g/mol. The first-order valence-electron chi connectivity index (χ1n) is 10.9. The van der Waals surface area contributed by atoms with Crippen molar-refractivity contribution in [2.45, 2.75) is 38.8 Å². The van der Waals surface area contributed by atoms with Crippen molar-refractivity contribution >= 4 is 46.2 Å². The number of amides is 1. The Kier molecular flexibility index (Phi) is 6.75. The van der Waals surface area contributed by atoms with E-state index < -0.39 is 0 Å². The van der Waals surface area contributed by atoms with Gasteiger partial charge in [0.15, 0.2) is 11.7 Å². The molecule has 2 aromatic carbocycles. The fourth-order valence-corrected chi connectivity index (χ4v) is 4.89. The maximum Gasteiger partial charge on any atom is 0.287 e. The number of nitrogens with one attached hydrogen (secondary N) is 1. The van der Waals surface area contributed by atoms with Crippen LogP contribution in [0.4, 0.5) is 5.13 Å². The Morgan fingerprint density at radius 2 is 1.97 bits per heavy atom. The third-order valence-electron chi connectivity index (χ3n) is 5.51. The minimum atomic E-state index is -0.302. The molecule has 4 aromatic rings. The van der Waals surface area contributed by atoms with Gasteiger partial charge in [-0.1, -0.05) is 29.8 Å². The largest absolute Gasteiger partial charge is 0.484 e. The number of nitrogens with zero attached hydrogens (tertiary/aromatic N) is 3. The molecule has 1 aliphatic carbocycles. The summed E-state index contributed by atoms with van der Waals surface area (Å²) in [7, 11) is 0. The van der Waals surface area contributed by atoms with Crippen molar-refractivity contribution in [3.05, 3.63) is 74.7 Å². The summed E-state index contributed by atoms with van der Waals surface area (Å²) in [6, 6.07) is 13.5. The van der Waals surface area contributed by atoms with Crippen molar-refractivity contribution in [3.63, 3.8) is 0 Å². The fourth-order valence-electron chi connectivity index (χ4n) is 3.83. The summed E-state index contributed by atoms with van der Waals surface area (Å²) >= 11 is 12.5. The molecule has 0 spiro atoms. The number of aromatic nitrogens is 3. The molecule has 2 heterocycles. The van der Waals surface area contributed by atoms with Crippen molar-refractivity contribution < 1.29 is 13.9 Å². The maximum atomic E-state index is 12.5. The smallest absolute Gasteiger partial charge is 0.287 e. The minimum absolute atomic E-state index is 0.0863. The molecule has 10 heteroatoms. The van der Waals surface area contributed by atoms with Crippen LogP contribution < -0.4 is 10.1 Å². The Labute approximate surface area is 210 Å². The van der Waals surface area contributed by atoms with Gasteiger partial charge in [-0.15, -0.1) is 16.4 Å². The summed E-state index contributed by atoms with van der Waals surface area (Å²) in [4.78, 5) is 17.1. The predicted molar refractivity (Wildman–Crippen MR) is 134 cm³/mol. The second kappa shape index (κ2) is 10.1. The van der Waals surface area contributed by atoms with Crippen molar-refractivity contribution in [2.24, 2.45) is 0 Å². The van der Waals surface area contributed by atoms with E-state index in [-0.39, 0.29) is 23.9 Å². The number of halogens is 1. The number of rotatable bonds is 7. The molecule has 2 aromatic heterocycles. The zero-order valence-electron chi connectivity index (χ0n) is 18.1. The van der Waals surface area contributed by atoms with Crippen molar-refractivity contribution in [2.75, 3.05) is 5.32 Å². The summed E-state index contributed by atoms with van der Waals surface area (Å²) in [6.45, 7) is 0.0466. The minimum Gasteiger partial charge on any atom is -0.484 e. The molecule has 7 nitrogen and oxygen atoms in total. The summed E-state index contributed by atoms with van der Waals surface area (Å²) in [5, 5.41) is 10.1. The molecule has 174 valence electrons. The molecule has 0 aliphatic heterocycles. The normalized spacial score (nSPS) is 12.9. The third kappa shape index (κ3) is 5.38. The quantitative estimate of drug-likeness (QED) is 0.302. The number of carbonyl (C=O) groups is 1. The van der Waals surface area contributed by atoms with Crippen LogP contribution in [0.5, 0.6) is 5.75 Å². The van der Waals surface area contributed by atoms with Crippen LogP contribution in [0.3, 0.4) is 0 Å². The highest BCUT2D eigenvalue weighted by atomic mass is 35.5. The van der Waals surface area contributed by atoms with Gasteiger partial charge >= 0.3 is 0 Å². The summed E-state index contributed by atoms with van der Waals surface area (Å²) < 4.78 is 12.7. The molecule has 1 aliphatic rings. The number of carbonyl (C=O) groups excluding carboxylic acids is 1. The zero-order valence-corrected chi connectivity index (χ0v) is 20.5. The fraction of sp³-hybridized carbons (Fsp3) is 0.250. The average molecular weight is 513 g/mol. The van der Waals surface area contributed by atoms with Gasteiger partial charge in [0.05, 0.1) is 5.69 Å². The number of benzene rings is 2. The first-order chi connectivity index (χ1) is 16.5. The number of thiazole rings is 1. The van der Waals surface area contributed by atoms with E-state index >= 15 is 0 Å². The SMILES string of the molecule is O=C(Cn1nc(COc2ccc3c(c2)CCCC3)oc1=S)Nc1nc(-c2ccc(Cl)cc2)cs1. The predicted octanol–water partition coefficient (Wildman–Crippen LogP) is 6.08. The van der Waals surface area contributed by atoms with Crippen LogP contribution in [0.25, 0.3) is 11.3 Å². The Morgan fingerprint density at radius 3 is 2.79 bits per heavy atom. The third-order valence-corrected chi connectivity index (χ3v) is 6.82. The molecule has 0 saturated carbocycles. The lowest BCUT2D eigenvalue weighted by atomic mass is 9.92. The van der Waals surface area contributed by atoms with E-state index in [0.717, 1.165) is 29.8 Å². The van der Waals surface area contributed by atoms with Crippen LogP contribution >= 0.6 is 35.2 Å². The van der Waals surface area contributed by atoms with Crippen LogP contribution in [0.2, 0.25) is 5.02 Å². The molecule has 0 bridgehead atoms. The Hall–Kier alpha value is -3.01. The number of ether oxygens (including phenoxy) is 1. The highest BCUT2D eigenvalue weighted by molar-refractivity contribution is 7.71. The molecule has 5 rings (SSSR count). The second-order valence-electron chi connectivity index (χ2n) is 7.94. The van der Waals surface area contributed by atoms with Crippen molar-refractivity contribution in [3.8, 4) is 17.0 Å². The molecule has 0 saturated heterocycles. The van der Waals surface area contributed by atoms with Gasteiger partial charge in [0.1, 0.15) is 12.3 Å². The van der Waals surface area contributed by atoms with Gasteiger partial charge < -0.3 is 14.5 Å². The first-order valence-corrected chi connectivity index (χ1v) is 12.5. The van der Waals surface area contributed by atoms with Gasteiger partial charge in [0, 0.05) is 16.0 Å². The van der Waals surface area contributed by atoms with E-state index in [0.29, 0.717) is 16.0 Å². The lowest BCUT2D eigenvalue weighted by Gasteiger charge is -2.16. The van der Waals surface area contributed by atoms with Gasteiger partial charge in [-0.25, -0.2) is 9.67 Å². The number of fused-ring (bicyclic) bond motifs is 1. The van der Waals surface area contributed by atoms with Gasteiger partial charge in [-0.2, -0.15) is 0 Å². The van der Waals surface area contributed by atoms with Crippen LogP contribution in [-0.4, -0.2) is 20.7 Å². The van der Waals surface area contributed by atoms with Gasteiger partial charge in [0.2, 0.25) is 5.91 Å².